The summed E-state index contributed by atoms with van der Waals surface area (Å²) in [5.74, 6) is 0.980. The molecular formula is C17H25ClN2O3. The summed E-state index contributed by atoms with van der Waals surface area (Å²) in [7, 11) is 1.60. The fourth-order valence-electron chi connectivity index (χ4n) is 2.79. The number of rotatable bonds is 5. The van der Waals surface area contributed by atoms with Crippen molar-refractivity contribution in [3.8, 4) is 5.75 Å². The molecule has 128 valence electrons. The number of carbonyl (C=O) groups excluding carboxylic acids is 2. The molecule has 1 aromatic rings. The van der Waals surface area contributed by atoms with Crippen LogP contribution >= 0.6 is 12.4 Å². The van der Waals surface area contributed by atoms with Crippen LogP contribution in [0.4, 0.5) is 0 Å². The molecule has 1 aliphatic heterocycles. The molecule has 1 unspecified atom stereocenters. The highest BCUT2D eigenvalue weighted by atomic mass is 35.5. The van der Waals surface area contributed by atoms with E-state index in [0.717, 1.165) is 18.6 Å². The molecule has 1 heterocycles. The predicted molar refractivity (Wildman–Crippen MR) is 92.1 cm³/mol. The molecule has 5 nitrogen and oxygen atoms in total. The van der Waals surface area contributed by atoms with Gasteiger partial charge in [-0.15, -0.1) is 12.4 Å². The van der Waals surface area contributed by atoms with Crippen molar-refractivity contribution in [1.82, 2.24) is 4.90 Å². The lowest BCUT2D eigenvalue weighted by atomic mass is 9.88. The molecule has 1 fully saturated rings. The Morgan fingerprint density at radius 2 is 1.83 bits per heavy atom. The van der Waals surface area contributed by atoms with Crippen LogP contribution in [0.15, 0.2) is 24.3 Å². The highest BCUT2D eigenvalue weighted by Gasteiger charge is 2.28. The number of carbonyl (C=O) groups is 2. The van der Waals surface area contributed by atoms with Gasteiger partial charge < -0.3 is 15.4 Å². The molecule has 1 saturated heterocycles. The minimum absolute atomic E-state index is 0. The molecule has 2 rings (SSSR count). The van der Waals surface area contributed by atoms with Crippen LogP contribution in [-0.4, -0.2) is 42.8 Å². The lowest BCUT2D eigenvalue weighted by Gasteiger charge is -2.31. The average molecular weight is 341 g/mol. The number of nitrogens with zero attached hydrogens (tertiary/aromatic N) is 1. The number of Topliss-reactive ketones (excluding diaryl/α,β-unsaturated/α-hetero) is 1. The summed E-state index contributed by atoms with van der Waals surface area (Å²) in [6.45, 7) is 3.11. The highest BCUT2D eigenvalue weighted by Crippen LogP contribution is 2.23. The normalized spacial score (nSPS) is 16.4. The van der Waals surface area contributed by atoms with E-state index in [1.165, 1.54) is 0 Å². The number of nitrogens with two attached hydrogens (primary N) is 1. The number of amides is 1. The Morgan fingerprint density at radius 3 is 2.30 bits per heavy atom. The number of benzene rings is 1. The molecule has 1 amide bonds. The first-order chi connectivity index (χ1) is 10.5. The zero-order chi connectivity index (χ0) is 16.1. The summed E-state index contributed by atoms with van der Waals surface area (Å²) in [6.07, 6.45) is 1.81. The van der Waals surface area contributed by atoms with Gasteiger partial charge in [0.15, 0.2) is 5.78 Å². The van der Waals surface area contributed by atoms with Crippen molar-refractivity contribution in [2.45, 2.75) is 32.2 Å². The summed E-state index contributed by atoms with van der Waals surface area (Å²) in [4.78, 5) is 26.3. The Kier molecular flexibility index (Phi) is 7.52. The standard InChI is InChI=1S/C17H24N2O3.ClH/c1-12(18)11-16(20)19-9-7-14(8-10-19)17(21)13-3-5-15(22-2)6-4-13;/h3-6,12,14H,7-11,18H2,1-2H3;1H. The molecule has 0 aromatic heterocycles. The summed E-state index contributed by atoms with van der Waals surface area (Å²) >= 11 is 0. The Balaban J connectivity index is 0.00000264. The van der Waals surface area contributed by atoms with Crippen LogP contribution in [0.3, 0.4) is 0 Å². The Morgan fingerprint density at radius 1 is 1.26 bits per heavy atom. The first-order valence-corrected chi connectivity index (χ1v) is 7.73. The molecule has 0 aliphatic carbocycles. The third-order valence-electron chi connectivity index (χ3n) is 4.09. The maximum Gasteiger partial charge on any atom is 0.224 e. The maximum absolute atomic E-state index is 12.5. The Hall–Kier alpha value is -1.59. The van der Waals surface area contributed by atoms with Crippen LogP contribution in [0.5, 0.6) is 5.75 Å². The summed E-state index contributed by atoms with van der Waals surface area (Å²) < 4.78 is 5.10. The third-order valence-corrected chi connectivity index (χ3v) is 4.09. The summed E-state index contributed by atoms with van der Waals surface area (Å²) in [6, 6.07) is 7.08. The van der Waals surface area contributed by atoms with E-state index in [1.807, 2.05) is 11.8 Å². The number of hydrogen-bond acceptors (Lipinski definition) is 4. The zero-order valence-electron chi connectivity index (χ0n) is 13.7. The van der Waals surface area contributed by atoms with E-state index in [1.54, 1.807) is 31.4 Å². The highest BCUT2D eigenvalue weighted by molar-refractivity contribution is 5.98. The van der Waals surface area contributed by atoms with Gasteiger partial charge in [-0.05, 0) is 44.0 Å². The fraction of sp³-hybridized carbons (Fsp3) is 0.529. The topological polar surface area (TPSA) is 72.6 Å². The van der Waals surface area contributed by atoms with E-state index in [9.17, 15) is 9.59 Å². The SMILES string of the molecule is COc1ccc(C(=O)C2CCN(C(=O)CC(C)N)CC2)cc1.Cl. The number of methoxy groups -OCH3 is 1. The minimum atomic E-state index is -0.119. The molecule has 0 radical (unpaired) electrons. The van der Waals surface area contributed by atoms with Gasteiger partial charge in [0.25, 0.3) is 0 Å². The van der Waals surface area contributed by atoms with E-state index >= 15 is 0 Å². The Labute approximate surface area is 143 Å². The summed E-state index contributed by atoms with van der Waals surface area (Å²) in [5.41, 5.74) is 6.37. The first kappa shape index (κ1) is 19.5. The van der Waals surface area contributed by atoms with Crippen molar-refractivity contribution < 1.29 is 14.3 Å². The van der Waals surface area contributed by atoms with Crippen molar-refractivity contribution in [1.29, 1.82) is 0 Å². The van der Waals surface area contributed by atoms with Crippen LogP contribution in [0, 0.1) is 5.92 Å². The minimum Gasteiger partial charge on any atom is -0.497 e. The van der Waals surface area contributed by atoms with Crippen molar-refractivity contribution in [3.63, 3.8) is 0 Å². The maximum atomic E-state index is 12.5. The van der Waals surface area contributed by atoms with Crippen molar-refractivity contribution in [2.75, 3.05) is 20.2 Å². The lowest BCUT2D eigenvalue weighted by Crippen LogP contribution is -2.42. The van der Waals surface area contributed by atoms with E-state index in [4.69, 9.17) is 10.5 Å². The van der Waals surface area contributed by atoms with Crippen LogP contribution in [0.2, 0.25) is 0 Å². The van der Waals surface area contributed by atoms with Gasteiger partial charge in [-0.1, -0.05) is 0 Å². The number of hydrogen-bond donors (Lipinski definition) is 1. The van der Waals surface area contributed by atoms with Gasteiger partial charge in [0.05, 0.1) is 7.11 Å². The van der Waals surface area contributed by atoms with E-state index in [2.05, 4.69) is 0 Å². The predicted octanol–water partition coefficient (Wildman–Crippen LogP) is 2.28. The monoisotopic (exact) mass is 340 g/mol. The molecule has 6 heteroatoms. The van der Waals surface area contributed by atoms with E-state index < -0.39 is 0 Å². The molecule has 0 saturated carbocycles. The number of halogens is 1. The van der Waals surface area contributed by atoms with Gasteiger partial charge in [0, 0.05) is 37.0 Å². The quantitative estimate of drug-likeness (QED) is 0.834. The van der Waals surface area contributed by atoms with Gasteiger partial charge in [0.2, 0.25) is 5.91 Å². The van der Waals surface area contributed by atoms with Crippen molar-refractivity contribution in [2.24, 2.45) is 11.7 Å². The summed E-state index contributed by atoms with van der Waals surface area (Å²) in [5, 5.41) is 0. The number of likely N-dealkylation sites (tertiary alicyclic amines) is 1. The van der Waals surface area contributed by atoms with E-state index in [0.29, 0.717) is 25.1 Å². The molecule has 23 heavy (non-hydrogen) atoms. The van der Waals surface area contributed by atoms with Crippen LogP contribution < -0.4 is 10.5 Å². The van der Waals surface area contributed by atoms with Crippen LogP contribution in [-0.2, 0) is 4.79 Å². The van der Waals surface area contributed by atoms with Gasteiger partial charge in [0.1, 0.15) is 5.75 Å². The van der Waals surface area contributed by atoms with E-state index in [-0.39, 0.29) is 36.1 Å². The Bertz CT molecular complexity index is 523. The second kappa shape index (κ2) is 8.89. The molecular weight excluding hydrogens is 316 g/mol. The lowest BCUT2D eigenvalue weighted by molar-refractivity contribution is -0.132. The van der Waals surface area contributed by atoms with Gasteiger partial charge in [-0.3, -0.25) is 9.59 Å². The molecule has 1 aliphatic rings. The van der Waals surface area contributed by atoms with Gasteiger partial charge in [-0.25, -0.2) is 0 Å². The third kappa shape index (κ3) is 5.22. The number of ether oxygens (including phenoxy) is 1. The van der Waals surface area contributed by atoms with Gasteiger partial charge >= 0.3 is 0 Å². The van der Waals surface area contributed by atoms with Crippen molar-refractivity contribution in [3.05, 3.63) is 29.8 Å². The zero-order valence-corrected chi connectivity index (χ0v) is 14.5. The average Bonchev–Trinajstić information content (AvgIpc) is 2.54. The smallest absolute Gasteiger partial charge is 0.224 e. The molecule has 1 aromatic carbocycles. The number of ketones is 1. The van der Waals surface area contributed by atoms with Crippen LogP contribution in [0.1, 0.15) is 36.5 Å². The molecule has 0 spiro atoms. The fourth-order valence-corrected chi connectivity index (χ4v) is 2.79. The van der Waals surface area contributed by atoms with Gasteiger partial charge in [-0.2, -0.15) is 0 Å². The van der Waals surface area contributed by atoms with Crippen LogP contribution in [0.25, 0.3) is 0 Å². The van der Waals surface area contributed by atoms with Crippen molar-refractivity contribution >= 4 is 24.1 Å². The molecule has 1 atom stereocenters. The molecule has 2 N–H and O–H groups in total. The second-order valence-electron chi connectivity index (χ2n) is 5.93. The first-order valence-electron chi connectivity index (χ1n) is 7.73. The largest absolute Gasteiger partial charge is 0.497 e. The molecule has 0 bridgehead atoms. The second-order valence-corrected chi connectivity index (χ2v) is 5.93. The number of piperidine rings is 1.